The summed E-state index contributed by atoms with van der Waals surface area (Å²) in [5.41, 5.74) is 5.62. The third-order valence-electron chi connectivity index (χ3n) is 2.37. The molecule has 0 amide bonds. The van der Waals surface area contributed by atoms with Gasteiger partial charge in [-0.05, 0) is 19.1 Å². The lowest BCUT2D eigenvalue weighted by molar-refractivity contribution is 0.597. The average Bonchev–Trinajstić information content (AvgIpc) is 2.67. The second-order valence-electron chi connectivity index (χ2n) is 3.69. The summed E-state index contributed by atoms with van der Waals surface area (Å²) in [6.07, 6.45) is 1.47. The predicted octanol–water partition coefficient (Wildman–Crippen LogP) is 1.24. The first-order valence-electron chi connectivity index (χ1n) is 4.98. The number of para-hydroxylation sites is 1. The van der Waals surface area contributed by atoms with Crippen molar-refractivity contribution in [1.82, 2.24) is 10.2 Å². The van der Waals surface area contributed by atoms with Crippen LogP contribution in [0.4, 0.5) is 15.9 Å². The Morgan fingerprint density at radius 1 is 1.44 bits per heavy atom. The fraction of sp³-hybridized carbons (Fsp3) is 0.100. The highest BCUT2D eigenvalue weighted by molar-refractivity contribution is 7.92. The molecule has 0 unspecified atom stereocenters. The number of aromatic nitrogens is 2. The van der Waals surface area contributed by atoms with E-state index in [0.29, 0.717) is 5.56 Å². The van der Waals surface area contributed by atoms with E-state index in [1.165, 1.54) is 18.3 Å². The van der Waals surface area contributed by atoms with Crippen molar-refractivity contribution >= 4 is 21.5 Å². The number of rotatable bonds is 3. The van der Waals surface area contributed by atoms with Crippen molar-refractivity contribution in [2.24, 2.45) is 0 Å². The van der Waals surface area contributed by atoms with Crippen LogP contribution in [0.3, 0.4) is 0 Å². The molecular formula is C10H11FN4O2S. The molecule has 1 aromatic heterocycles. The SMILES string of the molecule is Cc1cn[nH]c1NS(=O)(=O)c1cccc(F)c1N. The van der Waals surface area contributed by atoms with Crippen molar-refractivity contribution in [3.8, 4) is 0 Å². The summed E-state index contributed by atoms with van der Waals surface area (Å²) >= 11 is 0. The molecule has 0 aliphatic carbocycles. The Bertz CT molecular complexity index is 681. The Morgan fingerprint density at radius 2 is 2.17 bits per heavy atom. The molecule has 0 aliphatic rings. The van der Waals surface area contributed by atoms with E-state index in [1.54, 1.807) is 6.92 Å². The van der Waals surface area contributed by atoms with Crippen LogP contribution in [0.5, 0.6) is 0 Å². The molecule has 0 spiro atoms. The molecule has 1 aromatic carbocycles. The van der Waals surface area contributed by atoms with Crippen LogP contribution < -0.4 is 10.5 Å². The van der Waals surface area contributed by atoms with E-state index >= 15 is 0 Å². The number of aromatic amines is 1. The molecule has 0 bridgehead atoms. The van der Waals surface area contributed by atoms with E-state index in [2.05, 4.69) is 14.9 Å². The number of aryl methyl sites for hydroxylation is 1. The Kier molecular flexibility index (Phi) is 2.95. The lowest BCUT2D eigenvalue weighted by atomic mass is 10.3. The zero-order chi connectivity index (χ0) is 13.3. The topological polar surface area (TPSA) is 101 Å². The Labute approximate surface area is 103 Å². The zero-order valence-corrected chi connectivity index (χ0v) is 10.3. The number of anilines is 2. The maximum absolute atomic E-state index is 13.2. The van der Waals surface area contributed by atoms with Crippen molar-refractivity contribution in [2.75, 3.05) is 10.5 Å². The second-order valence-corrected chi connectivity index (χ2v) is 5.34. The van der Waals surface area contributed by atoms with Crippen molar-refractivity contribution in [3.63, 3.8) is 0 Å². The molecule has 1 heterocycles. The van der Waals surface area contributed by atoms with Crippen LogP contribution in [0.2, 0.25) is 0 Å². The number of halogens is 1. The first-order chi connectivity index (χ1) is 8.42. The number of nitrogens with one attached hydrogen (secondary N) is 2. The lowest BCUT2D eigenvalue weighted by Crippen LogP contribution is -2.16. The highest BCUT2D eigenvalue weighted by Gasteiger charge is 2.20. The fourth-order valence-electron chi connectivity index (χ4n) is 1.39. The van der Waals surface area contributed by atoms with E-state index < -0.39 is 21.5 Å². The zero-order valence-electron chi connectivity index (χ0n) is 9.44. The Hall–Kier alpha value is -2.09. The van der Waals surface area contributed by atoms with Gasteiger partial charge in [0, 0.05) is 5.56 Å². The van der Waals surface area contributed by atoms with Crippen molar-refractivity contribution < 1.29 is 12.8 Å². The third kappa shape index (κ3) is 2.14. The van der Waals surface area contributed by atoms with E-state index in [4.69, 9.17) is 5.73 Å². The molecule has 6 nitrogen and oxygen atoms in total. The van der Waals surface area contributed by atoms with Gasteiger partial charge in [-0.15, -0.1) is 0 Å². The van der Waals surface area contributed by atoms with Gasteiger partial charge >= 0.3 is 0 Å². The number of hydrogen-bond donors (Lipinski definition) is 3. The highest BCUT2D eigenvalue weighted by Crippen LogP contribution is 2.23. The van der Waals surface area contributed by atoms with Crippen LogP contribution in [-0.2, 0) is 10.0 Å². The van der Waals surface area contributed by atoms with Crippen molar-refractivity contribution in [3.05, 3.63) is 35.8 Å². The number of sulfonamides is 1. The minimum atomic E-state index is -3.95. The summed E-state index contributed by atoms with van der Waals surface area (Å²) in [5.74, 6) is -0.558. The van der Waals surface area contributed by atoms with Gasteiger partial charge in [0.05, 0.1) is 11.9 Å². The molecule has 18 heavy (non-hydrogen) atoms. The highest BCUT2D eigenvalue weighted by atomic mass is 32.2. The monoisotopic (exact) mass is 270 g/mol. The molecule has 4 N–H and O–H groups in total. The Balaban J connectivity index is 2.43. The number of nitrogen functional groups attached to an aromatic ring is 1. The van der Waals surface area contributed by atoms with Gasteiger partial charge in [-0.2, -0.15) is 5.10 Å². The van der Waals surface area contributed by atoms with Crippen LogP contribution in [0.25, 0.3) is 0 Å². The molecule has 0 aliphatic heterocycles. The third-order valence-corrected chi connectivity index (χ3v) is 3.78. The molecule has 0 saturated heterocycles. The molecular weight excluding hydrogens is 259 g/mol. The molecule has 0 radical (unpaired) electrons. The molecule has 0 atom stereocenters. The van der Waals surface area contributed by atoms with Crippen molar-refractivity contribution in [1.29, 1.82) is 0 Å². The van der Waals surface area contributed by atoms with Gasteiger partial charge in [-0.3, -0.25) is 9.82 Å². The summed E-state index contributed by atoms with van der Waals surface area (Å²) in [5, 5.41) is 6.17. The largest absolute Gasteiger partial charge is 0.395 e. The number of nitrogens with two attached hydrogens (primary N) is 1. The minimum absolute atomic E-state index is 0.221. The van der Waals surface area contributed by atoms with Gasteiger partial charge in [0.1, 0.15) is 16.5 Å². The smallest absolute Gasteiger partial charge is 0.265 e. The quantitative estimate of drug-likeness (QED) is 0.730. The van der Waals surface area contributed by atoms with Crippen molar-refractivity contribution in [2.45, 2.75) is 11.8 Å². The van der Waals surface area contributed by atoms with E-state index in [9.17, 15) is 12.8 Å². The summed E-state index contributed by atoms with van der Waals surface area (Å²) < 4.78 is 39.5. The van der Waals surface area contributed by atoms with Crippen LogP contribution in [0.15, 0.2) is 29.3 Å². The van der Waals surface area contributed by atoms with Gasteiger partial charge in [-0.25, -0.2) is 12.8 Å². The predicted molar refractivity (Wildman–Crippen MR) is 64.9 cm³/mol. The van der Waals surface area contributed by atoms with Gasteiger partial charge in [0.2, 0.25) is 0 Å². The average molecular weight is 270 g/mol. The fourth-order valence-corrected chi connectivity index (χ4v) is 2.62. The number of benzene rings is 1. The summed E-state index contributed by atoms with van der Waals surface area (Å²) in [6, 6.07) is 3.60. The van der Waals surface area contributed by atoms with Gasteiger partial charge in [0.15, 0.2) is 0 Å². The maximum atomic E-state index is 13.2. The standard InChI is InChI=1S/C10H11FN4O2S/c1-6-5-13-14-10(6)15-18(16,17)8-4-2-3-7(11)9(8)12/h2-5H,12H2,1H3,(H2,13,14,15). The second kappa shape index (κ2) is 4.30. The van der Waals surface area contributed by atoms with Gasteiger partial charge in [0.25, 0.3) is 10.0 Å². The first kappa shape index (κ1) is 12.4. The molecule has 2 aromatic rings. The lowest BCUT2D eigenvalue weighted by Gasteiger charge is -2.09. The Morgan fingerprint density at radius 3 is 2.78 bits per heavy atom. The molecule has 0 fully saturated rings. The molecule has 0 saturated carbocycles. The molecule has 8 heteroatoms. The first-order valence-corrected chi connectivity index (χ1v) is 6.47. The normalized spacial score (nSPS) is 11.4. The number of hydrogen-bond acceptors (Lipinski definition) is 4. The summed E-state index contributed by atoms with van der Waals surface area (Å²) in [4.78, 5) is -0.309. The number of nitrogens with zero attached hydrogens (tertiary/aromatic N) is 1. The van der Waals surface area contributed by atoms with Crippen LogP contribution >= 0.6 is 0 Å². The summed E-state index contributed by atoms with van der Waals surface area (Å²) in [6.45, 7) is 1.68. The van der Waals surface area contributed by atoms with Gasteiger partial charge < -0.3 is 5.73 Å². The van der Waals surface area contributed by atoms with E-state index in [0.717, 1.165) is 6.07 Å². The molecule has 96 valence electrons. The van der Waals surface area contributed by atoms with E-state index in [-0.39, 0.29) is 10.7 Å². The van der Waals surface area contributed by atoms with Crippen LogP contribution in [0, 0.1) is 12.7 Å². The van der Waals surface area contributed by atoms with Crippen LogP contribution in [0.1, 0.15) is 5.56 Å². The summed E-state index contributed by atoms with van der Waals surface area (Å²) in [7, 11) is -3.95. The van der Waals surface area contributed by atoms with E-state index in [1.807, 2.05) is 0 Å². The van der Waals surface area contributed by atoms with Crippen LogP contribution in [-0.4, -0.2) is 18.6 Å². The molecule has 2 rings (SSSR count). The number of H-pyrrole nitrogens is 1. The minimum Gasteiger partial charge on any atom is -0.395 e. The van der Waals surface area contributed by atoms with Gasteiger partial charge in [-0.1, -0.05) is 6.07 Å². The maximum Gasteiger partial charge on any atom is 0.265 e.